The summed E-state index contributed by atoms with van der Waals surface area (Å²) in [6.45, 7) is 10.4. The average Bonchev–Trinajstić information content (AvgIpc) is 2.74. The molecule has 1 aromatic rings. The van der Waals surface area contributed by atoms with Gasteiger partial charge in [-0.15, -0.1) is 0 Å². The molecule has 0 amide bonds. The SMILES string of the molecule is CCCCCCCCCOc1ccc(/C=C2\CN(CCC)CCC2=O)cc1OCC. The number of carbonyl (C=O) groups is 1. The quantitative estimate of drug-likeness (QED) is 0.265. The van der Waals surface area contributed by atoms with Crippen LogP contribution in [0.4, 0.5) is 0 Å². The van der Waals surface area contributed by atoms with Crippen molar-refractivity contribution in [3.8, 4) is 11.5 Å². The first-order valence-electron chi connectivity index (χ1n) is 12.0. The van der Waals surface area contributed by atoms with Crippen molar-refractivity contribution in [2.24, 2.45) is 0 Å². The Labute approximate surface area is 183 Å². The number of ether oxygens (including phenoxy) is 2. The fourth-order valence-corrected chi connectivity index (χ4v) is 3.91. The summed E-state index contributed by atoms with van der Waals surface area (Å²) in [5.74, 6) is 1.83. The molecule has 30 heavy (non-hydrogen) atoms. The highest BCUT2D eigenvalue weighted by molar-refractivity contribution is 6.00. The molecule has 0 atom stereocenters. The van der Waals surface area contributed by atoms with Gasteiger partial charge in [-0.2, -0.15) is 0 Å². The van der Waals surface area contributed by atoms with Crippen molar-refractivity contribution in [3.63, 3.8) is 0 Å². The molecule has 0 unspecified atom stereocenters. The Kier molecular flexibility index (Phi) is 11.6. The van der Waals surface area contributed by atoms with Crippen molar-refractivity contribution in [1.29, 1.82) is 0 Å². The summed E-state index contributed by atoms with van der Waals surface area (Å²) in [5, 5.41) is 0. The molecule has 1 saturated heterocycles. The largest absolute Gasteiger partial charge is 0.490 e. The number of likely N-dealkylation sites (tertiary alicyclic amines) is 1. The van der Waals surface area contributed by atoms with Gasteiger partial charge in [-0.3, -0.25) is 9.69 Å². The molecule has 1 aliphatic heterocycles. The first-order chi connectivity index (χ1) is 14.7. The van der Waals surface area contributed by atoms with E-state index in [-0.39, 0.29) is 5.78 Å². The molecule has 0 bridgehead atoms. The first-order valence-corrected chi connectivity index (χ1v) is 12.0. The number of nitrogens with zero attached hydrogens (tertiary/aromatic N) is 1. The van der Waals surface area contributed by atoms with Gasteiger partial charge in [-0.1, -0.05) is 58.4 Å². The summed E-state index contributed by atoms with van der Waals surface area (Å²) >= 11 is 0. The number of Topliss-reactive ketones (excluding diaryl/α,β-unsaturated/α-hetero) is 1. The van der Waals surface area contributed by atoms with Gasteiger partial charge in [0.25, 0.3) is 0 Å². The first kappa shape index (κ1) is 24.5. The zero-order chi connectivity index (χ0) is 21.6. The van der Waals surface area contributed by atoms with Crippen LogP contribution < -0.4 is 9.47 Å². The van der Waals surface area contributed by atoms with E-state index in [1.54, 1.807) is 0 Å². The van der Waals surface area contributed by atoms with Crippen LogP contribution in [0.25, 0.3) is 6.08 Å². The molecule has 1 fully saturated rings. The van der Waals surface area contributed by atoms with Crippen molar-refractivity contribution in [1.82, 2.24) is 4.90 Å². The topological polar surface area (TPSA) is 38.8 Å². The molecule has 2 rings (SSSR count). The third kappa shape index (κ3) is 8.51. The Morgan fingerprint density at radius 2 is 1.70 bits per heavy atom. The van der Waals surface area contributed by atoms with Crippen LogP contribution in [0.15, 0.2) is 23.8 Å². The van der Waals surface area contributed by atoms with Crippen LogP contribution in [0.2, 0.25) is 0 Å². The molecule has 0 aromatic heterocycles. The number of ketones is 1. The maximum Gasteiger partial charge on any atom is 0.161 e. The Morgan fingerprint density at radius 1 is 0.933 bits per heavy atom. The van der Waals surface area contributed by atoms with E-state index in [1.165, 1.54) is 38.5 Å². The number of unbranched alkanes of at least 4 members (excludes halogenated alkanes) is 6. The van der Waals surface area contributed by atoms with Crippen LogP contribution in [0.1, 0.15) is 84.1 Å². The number of benzene rings is 1. The number of rotatable bonds is 14. The molecule has 1 aliphatic rings. The second-order valence-corrected chi connectivity index (χ2v) is 8.23. The predicted molar refractivity (Wildman–Crippen MR) is 125 cm³/mol. The van der Waals surface area contributed by atoms with Gasteiger partial charge < -0.3 is 9.47 Å². The van der Waals surface area contributed by atoms with Crippen LogP contribution >= 0.6 is 0 Å². The minimum absolute atomic E-state index is 0.263. The maximum atomic E-state index is 12.4. The lowest BCUT2D eigenvalue weighted by atomic mass is 10.00. The van der Waals surface area contributed by atoms with Gasteiger partial charge in [0.05, 0.1) is 13.2 Å². The van der Waals surface area contributed by atoms with E-state index >= 15 is 0 Å². The van der Waals surface area contributed by atoms with Crippen molar-refractivity contribution in [3.05, 3.63) is 29.3 Å². The highest BCUT2D eigenvalue weighted by Crippen LogP contribution is 2.30. The normalized spacial score (nSPS) is 16.2. The summed E-state index contributed by atoms with van der Waals surface area (Å²) in [4.78, 5) is 14.7. The van der Waals surface area contributed by atoms with Crippen molar-refractivity contribution < 1.29 is 14.3 Å². The lowest BCUT2D eigenvalue weighted by molar-refractivity contribution is -0.117. The fourth-order valence-electron chi connectivity index (χ4n) is 3.91. The van der Waals surface area contributed by atoms with Crippen molar-refractivity contribution in [2.45, 2.75) is 78.6 Å². The summed E-state index contributed by atoms with van der Waals surface area (Å²) in [6, 6.07) is 6.01. The fraction of sp³-hybridized carbons (Fsp3) is 0.654. The van der Waals surface area contributed by atoms with E-state index in [4.69, 9.17) is 9.47 Å². The van der Waals surface area contributed by atoms with Gasteiger partial charge in [0.2, 0.25) is 0 Å². The lowest BCUT2D eigenvalue weighted by Crippen LogP contribution is -2.36. The summed E-state index contributed by atoms with van der Waals surface area (Å²) in [7, 11) is 0. The van der Waals surface area contributed by atoms with E-state index in [2.05, 4.69) is 18.7 Å². The summed E-state index contributed by atoms with van der Waals surface area (Å²) in [5.41, 5.74) is 1.90. The second kappa shape index (κ2) is 14.2. The van der Waals surface area contributed by atoms with E-state index < -0.39 is 0 Å². The molecule has 0 spiro atoms. The standard InChI is InChI=1S/C26H41NO3/c1-4-7-8-9-10-11-12-18-30-25-14-13-22(20-26(25)29-6-3)19-23-21-27(16-5-2)17-15-24(23)28/h13-14,19-20H,4-12,15-18,21H2,1-3H3/b23-19+. The van der Waals surface area contributed by atoms with Gasteiger partial charge in [-0.25, -0.2) is 0 Å². The molecule has 0 aliphatic carbocycles. The second-order valence-electron chi connectivity index (χ2n) is 8.23. The van der Waals surface area contributed by atoms with Crippen LogP contribution in [0, 0.1) is 0 Å². The minimum Gasteiger partial charge on any atom is -0.490 e. The van der Waals surface area contributed by atoms with E-state index in [0.717, 1.165) is 61.7 Å². The molecular weight excluding hydrogens is 374 g/mol. The van der Waals surface area contributed by atoms with E-state index in [9.17, 15) is 4.79 Å². The smallest absolute Gasteiger partial charge is 0.161 e. The molecule has 168 valence electrons. The Bertz CT molecular complexity index is 668. The van der Waals surface area contributed by atoms with Crippen LogP contribution in [0.3, 0.4) is 0 Å². The molecule has 1 heterocycles. The summed E-state index contributed by atoms with van der Waals surface area (Å²) < 4.78 is 11.8. The number of hydrogen-bond acceptors (Lipinski definition) is 4. The molecule has 4 nitrogen and oxygen atoms in total. The van der Waals surface area contributed by atoms with E-state index in [0.29, 0.717) is 13.0 Å². The third-order valence-corrected chi connectivity index (χ3v) is 5.56. The van der Waals surface area contributed by atoms with Gasteiger partial charge in [0.1, 0.15) is 0 Å². The monoisotopic (exact) mass is 415 g/mol. The number of hydrogen-bond donors (Lipinski definition) is 0. The van der Waals surface area contributed by atoms with E-state index in [1.807, 2.05) is 31.2 Å². The Balaban J connectivity index is 1.93. The molecule has 4 heteroatoms. The average molecular weight is 416 g/mol. The maximum absolute atomic E-state index is 12.4. The van der Waals surface area contributed by atoms with Gasteiger partial charge in [0.15, 0.2) is 17.3 Å². The predicted octanol–water partition coefficient (Wildman–Crippen LogP) is 6.28. The molecular formula is C26H41NO3. The van der Waals surface area contributed by atoms with Gasteiger partial charge in [-0.05, 0) is 50.1 Å². The Morgan fingerprint density at radius 3 is 2.43 bits per heavy atom. The van der Waals surface area contributed by atoms with Gasteiger partial charge in [0, 0.05) is 25.1 Å². The molecule has 1 aromatic carbocycles. The molecule has 0 radical (unpaired) electrons. The Hall–Kier alpha value is -1.81. The molecule has 0 N–H and O–H groups in total. The minimum atomic E-state index is 0.263. The van der Waals surface area contributed by atoms with Crippen LogP contribution in [-0.4, -0.2) is 43.5 Å². The highest BCUT2D eigenvalue weighted by atomic mass is 16.5. The van der Waals surface area contributed by atoms with Gasteiger partial charge >= 0.3 is 0 Å². The van der Waals surface area contributed by atoms with Crippen LogP contribution in [0.5, 0.6) is 11.5 Å². The number of carbonyl (C=O) groups excluding carboxylic acids is 1. The highest BCUT2D eigenvalue weighted by Gasteiger charge is 2.20. The molecule has 0 saturated carbocycles. The number of piperidine rings is 1. The zero-order valence-corrected chi connectivity index (χ0v) is 19.4. The third-order valence-electron chi connectivity index (χ3n) is 5.56. The van der Waals surface area contributed by atoms with Crippen LogP contribution in [-0.2, 0) is 4.79 Å². The zero-order valence-electron chi connectivity index (χ0n) is 19.4. The summed E-state index contributed by atoms with van der Waals surface area (Å²) in [6.07, 6.45) is 12.6. The van der Waals surface area contributed by atoms with Crippen molar-refractivity contribution in [2.75, 3.05) is 32.8 Å². The lowest BCUT2D eigenvalue weighted by Gasteiger charge is -2.27. The van der Waals surface area contributed by atoms with Crippen molar-refractivity contribution >= 4 is 11.9 Å².